The van der Waals surface area contributed by atoms with Gasteiger partial charge in [0.1, 0.15) is 0 Å². The van der Waals surface area contributed by atoms with E-state index in [1.54, 1.807) is 71.6 Å². The number of methoxy groups -OCH3 is 1. The van der Waals surface area contributed by atoms with E-state index < -0.39 is 5.97 Å². The van der Waals surface area contributed by atoms with Gasteiger partial charge in [0.25, 0.3) is 11.8 Å². The molecular weight excluding hydrogens is 428 g/mol. The number of aryl methyl sites for hydroxylation is 1. The fourth-order valence-corrected chi connectivity index (χ4v) is 3.99. The van der Waals surface area contributed by atoms with Crippen molar-refractivity contribution in [2.45, 2.75) is 12.8 Å². The molecule has 1 aliphatic heterocycles. The zero-order valence-electron chi connectivity index (χ0n) is 17.4. The number of anilines is 2. The van der Waals surface area contributed by atoms with E-state index in [2.05, 4.69) is 5.32 Å². The summed E-state index contributed by atoms with van der Waals surface area (Å²) in [4.78, 5) is 39.6. The van der Waals surface area contributed by atoms with E-state index in [0.29, 0.717) is 28.4 Å². The number of hydrogen-bond donors (Lipinski definition) is 1. The third kappa shape index (κ3) is 4.36. The summed E-state index contributed by atoms with van der Waals surface area (Å²) in [5, 5.41) is 3.29. The van der Waals surface area contributed by atoms with Gasteiger partial charge in [0, 0.05) is 28.4 Å². The number of carbonyl (C=O) groups is 3. The van der Waals surface area contributed by atoms with Crippen LogP contribution in [0, 0.1) is 0 Å². The lowest BCUT2D eigenvalue weighted by atomic mass is 9.98. The Hall–Kier alpha value is -3.64. The molecule has 6 nitrogen and oxygen atoms in total. The van der Waals surface area contributed by atoms with E-state index in [4.69, 9.17) is 16.3 Å². The van der Waals surface area contributed by atoms with Crippen LogP contribution in [0.5, 0.6) is 0 Å². The van der Waals surface area contributed by atoms with Crippen molar-refractivity contribution in [3.05, 3.63) is 94.0 Å². The zero-order valence-corrected chi connectivity index (χ0v) is 18.2. The van der Waals surface area contributed by atoms with Gasteiger partial charge >= 0.3 is 5.97 Å². The second-order valence-electron chi connectivity index (χ2n) is 7.41. The van der Waals surface area contributed by atoms with Gasteiger partial charge in [0.05, 0.1) is 18.4 Å². The van der Waals surface area contributed by atoms with Gasteiger partial charge in [-0.3, -0.25) is 9.59 Å². The maximum absolute atomic E-state index is 13.0. The van der Waals surface area contributed by atoms with Crippen molar-refractivity contribution < 1.29 is 19.1 Å². The van der Waals surface area contributed by atoms with Crippen LogP contribution in [0.2, 0.25) is 5.02 Å². The summed E-state index contributed by atoms with van der Waals surface area (Å²) in [6, 6.07) is 18.8. The summed E-state index contributed by atoms with van der Waals surface area (Å²) in [5.41, 5.74) is 3.32. The lowest BCUT2D eigenvalue weighted by molar-refractivity contribution is 0.0601. The molecule has 0 aromatic heterocycles. The van der Waals surface area contributed by atoms with Crippen molar-refractivity contribution in [2.75, 3.05) is 23.9 Å². The molecule has 0 unspecified atom stereocenters. The molecule has 2 amide bonds. The fraction of sp³-hybridized carbons (Fsp3) is 0.160. The Morgan fingerprint density at radius 1 is 0.969 bits per heavy atom. The van der Waals surface area contributed by atoms with Crippen molar-refractivity contribution in [3.8, 4) is 0 Å². The van der Waals surface area contributed by atoms with Crippen molar-refractivity contribution in [1.82, 2.24) is 0 Å². The number of benzene rings is 3. The monoisotopic (exact) mass is 448 g/mol. The molecule has 0 saturated heterocycles. The van der Waals surface area contributed by atoms with E-state index in [-0.39, 0.29) is 17.4 Å². The summed E-state index contributed by atoms with van der Waals surface area (Å²) < 4.78 is 4.78. The Morgan fingerprint density at radius 3 is 2.56 bits per heavy atom. The van der Waals surface area contributed by atoms with Gasteiger partial charge in [0.2, 0.25) is 0 Å². The molecule has 0 radical (unpaired) electrons. The number of ether oxygens (including phenoxy) is 1. The minimum atomic E-state index is -0.526. The van der Waals surface area contributed by atoms with Crippen LogP contribution >= 0.6 is 11.6 Å². The van der Waals surface area contributed by atoms with Crippen LogP contribution in [-0.2, 0) is 11.2 Å². The van der Waals surface area contributed by atoms with Gasteiger partial charge in [-0.2, -0.15) is 0 Å². The fourth-order valence-electron chi connectivity index (χ4n) is 3.80. The van der Waals surface area contributed by atoms with E-state index >= 15 is 0 Å². The maximum Gasteiger partial charge on any atom is 0.339 e. The van der Waals surface area contributed by atoms with Crippen LogP contribution < -0.4 is 10.2 Å². The Morgan fingerprint density at radius 2 is 1.78 bits per heavy atom. The third-order valence-electron chi connectivity index (χ3n) is 5.36. The predicted molar refractivity (Wildman–Crippen MR) is 124 cm³/mol. The molecule has 32 heavy (non-hydrogen) atoms. The van der Waals surface area contributed by atoms with E-state index in [1.807, 2.05) is 0 Å². The molecule has 7 heteroatoms. The van der Waals surface area contributed by atoms with Gasteiger partial charge in [-0.25, -0.2) is 4.79 Å². The molecule has 0 aliphatic carbocycles. The largest absolute Gasteiger partial charge is 0.465 e. The quantitative estimate of drug-likeness (QED) is 0.571. The summed E-state index contributed by atoms with van der Waals surface area (Å²) >= 11 is 6.05. The number of para-hydroxylation sites is 1. The van der Waals surface area contributed by atoms with Crippen LogP contribution in [0.15, 0.2) is 66.7 Å². The Bertz CT molecular complexity index is 1210. The molecule has 0 saturated carbocycles. The Labute approximate surface area is 190 Å². The first-order chi connectivity index (χ1) is 15.5. The number of halogens is 1. The number of nitrogens with zero attached hydrogens (tertiary/aromatic N) is 1. The van der Waals surface area contributed by atoms with Crippen molar-refractivity contribution in [3.63, 3.8) is 0 Å². The first-order valence-corrected chi connectivity index (χ1v) is 10.5. The molecule has 1 N–H and O–H groups in total. The lowest BCUT2D eigenvalue weighted by Gasteiger charge is -2.30. The average Bonchev–Trinajstić information content (AvgIpc) is 2.82. The number of esters is 1. The minimum absolute atomic E-state index is 0.127. The van der Waals surface area contributed by atoms with Crippen LogP contribution in [0.4, 0.5) is 11.4 Å². The van der Waals surface area contributed by atoms with Crippen molar-refractivity contribution >= 4 is 40.8 Å². The Kier molecular flexibility index (Phi) is 6.23. The molecule has 4 rings (SSSR count). The first kappa shape index (κ1) is 21.6. The van der Waals surface area contributed by atoms with Crippen LogP contribution in [0.3, 0.4) is 0 Å². The van der Waals surface area contributed by atoms with Gasteiger partial charge < -0.3 is 15.0 Å². The highest BCUT2D eigenvalue weighted by atomic mass is 35.5. The molecule has 1 aliphatic rings. The van der Waals surface area contributed by atoms with Crippen LogP contribution in [0.25, 0.3) is 0 Å². The highest BCUT2D eigenvalue weighted by molar-refractivity contribution is 6.31. The Balaban J connectivity index is 1.58. The second kappa shape index (κ2) is 9.24. The summed E-state index contributed by atoms with van der Waals surface area (Å²) in [6.45, 7) is 0.594. The number of amides is 2. The number of hydrogen-bond acceptors (Lipinski definition) is 4. The van der Waals surface area contributed by atoms with Crippen molar-refractivity contribution in [1.29, 1.82) is 0 Å². The van der Waals surface area contributed by atoms with Gasteiger partial charge in [0.15, 0.2) is 0 Å². The van der Waals surface area contributed by atoms with E-state index in [0.717, 1.165) is 24.1 Å². The standard InChI is InChI=1S/C25H21ClN2O4/c1-32-25(31)20-9-2-3-10-21(20)27-23(29)17-11-12-22-16(14-17)7-5-13-28(22)24(30)18-6-4-8-19(26)15-18/h2-4,6,8-12,14-15H,5,7,13H2,1H3,(H,27,29). The van der Waals surface area contributed by atoms with E-state index in [9.17, 15) is 14.4 Å². The highest BCUT2D eigenvalue weighted by Gasteiger charge is 2.25. The normalized spacial score (nSPS) is 12.6. The zero-order chi connectivity index (χ0) is 22.7. The number of carbonyl (C=O) groups excluding carboxylic acids is 3. The van der Waals surface area contributed by atoms with Crippen LogP contribution in [0.1, 0.15) is 43.1 Å². The smallest absolute Gasteiger partial charge is 0.339 e. The summed E-state index contributed by atoms with van der Waals surface area (Å²) in [5.74, 6) is -0.999. The average molecular weight is 449 g/mol. The number of fused-ring (bicyclic) bond motifs is 1. The SMILES string of the molecule is COC(=O)c1ccccc1NC(=O)c1ccc2c(c1)CCCN2C(=O)c1cccc(Cl)c1. The molecule has 1 heterocycles. The first-order valence-electron chi connectivity index (χ1n) is 10.2. The molecular formula is C25H21ClN2O4. The molecule has 3 aromatic carbocycles. The molecule has 0 bridgehead atoms. The summed E-state index contributed by atoms with van der Waals surface area (Å²) in [6.07, 6.45) is 1.55. The highest BCUT2D eigenvalue weighted by Crippen LogP contribution is 2.30. The van der Waals surface area contributed by atoms with E-state index in [1.165, 1.54) is 7.11 Å². The number of rotatable bonds is 4. The maximum atomic E-state index is 13.0. The van der Waals surface area contributed by atoms with Gasteiger partial charge in [-0.05, 0) is 66.9 Å². The number of nitrogens with one attached hydrogen (secondary N) is 1. The molecule has 162 valence electrons. The molecule has 0 spiro atoms. The molecule has 3 aromatic rings. The topological polar surface area (TPSA) is 75.7 Å². The van der Waals surface area contributed by atoms with Crippen LogP contribution in [-0.4, -0.2) is 31.4 Å². The van der Waals surface area contributed by atoms with Crippen molar-refractivity contribution in [2.24, 2.45) is 0 Å². The van der Waals surface area contributed by atoms with Gasteiger partial charge in [-0.15, -0.1) is 0 Å². The molecule has 0 fully saturated rings. The second-order valence-corrected chi connectivity index (χ2v) is 7.84. The summed E-state index contributed by atoms with van der Waals surface area (Å²) in [7, 11) is 1.29. The molecule has 0 atom stereocenters. The minimum Gasteiger partial charge on any atom is -0.465 e. The predicted octanol–water partition coefficient (Wildman–Crippen LogP) is 4.97. The van der Waals surface area contributed by atoms with Gasteiger partial charge in [-0.1, -0.05) is 29.8 Å². The third-order valence-corrected chi connectivity index (χ3v) is 5.59. The lowest BCUT2D eigenvalue weighted by Crippen LogP contribution is -2.35.